The number of rotatable bonds is 2. The Labute approximate surface area is 106 Å². The fourth-order valence-corrected chi connectivity index (χ4v) is 3.22. The van der Waals surface area contributed by atoms with Crippen molar-refractivity contribution in [2.45, 2.75) is 25.9 Å². The number of nitrogens with zero attached hydrogens (tertiary/aromatic N) is 2. The lowest BCUT2D eigenvalue weighted by Gasteiger charge is -2.17. The molecule has 1 aliphatic carbocycles. The van der Waals surface area contributed by atoms with Gasteiger partial charge in [0.25, 0.3) is 5.91 Å². The zero-order valence-corrected chi connectivity index (χ0v) is 10.8. The van der Waals surface area contributed by atoms with Gasteiger partial charge >= 0.3 is 0 Å². The third-order valence-corrected chi connectivity index (χ3v) is 4.17. The molecule has 0 N–H and O–H groups in total. The van der Waals surface area contributed by atoms with Gasteiger partial charge in [0.15, 0.2) is 0 Å². The van der Waals surface area contributed by atoms with Crippen molar-refractivity contribution in [2.75, 3.05) is 20.2 Å². The number of carbonyl (C=O) groups excluding carboxylic acids is 1. The second-order valence-corrected chi connectivity index (χ2v) is 5.39. The third kappa shape index (κ3) is 1.92. The summed E-state index contributed by atoms with van der Waals surface area (Å²) in [7, 11) is 1.77. The first-order valence-corrected chi connectivity index (χ1v) is 6.42. The van der Waals surface area contributed by atoms with E-state index in [1.165, 1.54) is 0 Å². The van der Waals surface area contributed by atoms with Gasteiger partial charge in [0.2, 0.25) is 5.76 Å². The molecule has 0 aromatic carbocycles. The Morgan fingerprint density at radius 2 is 2.11 bits per heavy atom. The van der Waals surface area contributed by atoms with Crippen molar-refractivity contribution in [1.29, 1.82) is 0 Å². The summed E-state index contributed by atoms with van der Waals surface area (Å²) in [6.07, 6.45) is 2.52. The lowest BCUT2D eigenvalue weighted by Crippen LogP contribution is -2.30. The molecule has 1 aromatic heterocycles. The van der Waals surface area contributed by atoms with Gasteiger partial charge < -0.3 is 14.2 Å². The monoisotopic (exact) mass is 250 g/mol. The number of methoxy groups -OCH3 is 1. The van der Waals surface area contributed by atoms with Gasteiger partial charge in [-0.05, 0) is 31.6 Å². The highest BCUT2D eigenvalue weighted by molar-refractivity contribution is 5.91. The number of hydrogen-bond donors (Lipinski definition) is 0. The smallest absolute Gasteiger partial charge is 0.292 e. The van der Waals surface area contributed by atoms with Crippen LogP contribution in [0.25, 0.3) is 0 Å². The highest BCUT2D eigenvalue weighted by Crippen LogP contribution is 2.39. The molecule has 1 amide bonds. The summed E-state index contributed by atoms with van der Waals surface area (Å²) in [4.78, 5) is 14.1. The predicted octanol–water partition coefficient (Wildman–Crippen LogP) is 1.48. The van der Waals surface area contributed by atoms with Crippen molar-refractivity contribution in [3.8, 4) is 0 Å². The van der Waals surface area contributed by atoms with Crippen molar-refractivity contribution in [3.63, 3.8) is 0 Å². The molecular formula is C13H18N2O3. The number of hydrogen-bond acceptors (Lipinski definition) is 4. The van der Waals surface area contributed by atoms with Crippen molar-refractivity contribution in [3.05, 3.63) is 17.5 Å². The van der Waals surface area contributed by atoms with Gasteiger partial charge in [-0.2, -0.15) is 0 Å². The normalized spacial score (nSPS) is 30.8. The molecule has 0 radical (unpaired) electrons. The van der Waals surface area contributed by atoms with E-state index in [1.54, 1.807) is 13.2 Å². The minimum absolute atomic E-state index is 0.0287. The molecule has 2 aliphatic rings. The number of ether oxygens (including phenoxy) is 1. The molecule has 0 spiro atoms. The molecule has 18 heavy (non-hydrogen) atoms. The van der Waals surface area contributed by atoms with E-state index in [9.17, 15) is 4.79 Å². The highest BCUT2D eigenvalue weighted by atomic mass is 16.5. The summed E-state index contributed by atoms with van der Waals surface area (Å²) in [5.74, 6) is 1.50. The van der Waals surface area contributed by atoms with Gasteiger partial charge in [0, 0.05) is 26.3 Å². The summed E-state index contributed by atoms with van der Waals surface area (Å²) in [6, 6.07) is 1.70. The number of likely N-dealkylation sites (tertiary alicyclic amines) is 1. The summed E-state index contributed by atoms with van der Waals surface area (Å²) in [5.41, 5.74) is 0.747. The molecule has 2 fully saturated rings. The summed E-state index contributed by atoms with van der Waals surface area (Å²) >= 11 is 0. The molecule has 1 aliphatic heterocycles. The van der Waals surface area contributed by atoms with Gasteiger partial charge in [0.05, 0.1) is 11.8 Å². The molecule has 1 aromatic rings. The fraction of sp³-hybridized carbons (Fsp3) is 0.692. The molecule has 1 unspecified atom stereocenters. The van der Waals surface area contributed by atoms with E-state index >= 15 is 0 Å². The van der Waals surface area contributed by atoms with Crippen LogP contribution < -0.4 is 0 Å². The maximum atomic E-state index is 12.2. The summed E-state index contributed by atoms with van der Waals surface area (Å²) in [6.45, 7) is 3.47. The maximum absolute atomic E-state index is 12.2. The molecule has 3 atom stereocenters. The van der Waals surface area contributed by atoms with Gasteiger partial charge in [-0.15, -0.1) is 0 Å². The molecular weight excluding hydrogens is 232 g/mol. The van der Waals surface area contributed by atoms with E-state index in [1.807, 2.05) is 11.8 Å². The van der Waals surface area contributed by atoms with E-state index in [0.717, 1.165) is 31.6 Å². The molecule has 98 valence electrons. The quantitative estimate of drug-likeness (QED) is 0.797. The standard InChI is InChI=1S/C13H18N2O3/c1-8-3-12(18-14-8)13(16)15-6-9-4-11(17-2)5-10(9)7-15/h3,9-11H,4-7H2,1-2H3/t9-,10+,11?. The first-order valence-electron chi connectivity index (χ1n) is 6.42. The molecule has 1 saturated heterocycles. The van der Waals surface area contributed by atoms with E-state index in [-0.39, 0.29) is 5.91 Å². The van der Waals surface area contributed by atoms with E-state index < -0.39 is 0 Å². The Balaban J connectivity index is 1.66. The number of aryl methyl sites for hydroxylation is 1. The van der Waals surface area contributed by atoms with Crippen molar-refractivity contribution >= 4 is 5.91 Å². The second-order valence-electron chi connectivity index (χ2n) is 5.39. The van der Waals surface area contributed by atoms with Crippen LogP contribution in [0.15, 0.2) is 10.6 Å². The zero-order valence-electron chi connectivity index (χ0n) is 10.8. The molecule has 0 bridgehead atoms. The van der Waals surface area contributed by atoms with Gasteiger partial charge in [-0.1, -0.05) is 5.16 Å². The minimum Gasteiger partial charge on any atom is -0.381 e. The topological polar surface area (TPSA) is 55.6 Å². The van der Waals surface area contributed by atoms with Crippen LogP contribution in [0.3, 0.4) is 0 Å². The predicted molar refractivity (Wildman–Crippen MR) is 64.2 cm³/mol. The van der Waals surface area contributed by atoms with E-state index in [4.69, 9.17) is 9.26 Å². The Bertz CT molecular complexity index is 443. The van der Waals surface area contributed by atoms with E-state index in [0.29, 0.717) is 23.7 Å². The van der Waals surface area contributed by atoms with Crippen LogP contribution in [-0.4, -0.2) is 42.3 Å². The average Bonchev–Trinajstić information content (AvgIpc) is 3.00. The van der Waals surface area contributed by atoms with Gasteiger partial charge in [0.1, 0.15) is 0 Å². The number of fused-ring (bicyclic) bond motifs is 1. The van der Waals surface area contributed by atoms with Crippen LogP contribution in [0, 0.1) is 18.8 Å². The lowest BCUT2D eigenvalue weighted by molar-refractivity contribution is 0.0695. The van der Waals surface area contributed by atoms with E-state index in [2.05, 4.69) is 5.16 Å². The third-order valence-electron chi connectivity index (χ3n) is 4.17. The molecule has 5 heteroatoms. The van der Waals surface area contributed by atoms with Gasteiger partial charge in [-0.25, -0.2) is 0 Å². The Morgan fingerprint density at radius 1 is 1.44 bits per heavy atom. The number of amides is 1. The lowest BCUT2D eigenvalue weighted by atomic mass is 10.0. The van der Waals surface area contributed by atoms with Crippen LogP contribution in [-0.2, 0) is 4.74 Å². The van der Waals surface area contributed by atoms with Gasteiger partial charge in [-0.3, -0.25) is 4.79 Å². The van der Waals surface area contributed by atoms with Crippen LogP contribution >= 0.6 is 0 Å². The fourth-order valence-electron chi connectivity index (χ4n) is 3.22. The summed E-state index contributed by atoms with van der Waals surface area (Å²) < 4.78 is 10.4. The summed E-state index contributed by atoms with van der Waals surface area (Å²) in [5, 5.41) is 3.76. The SMILES string of the molecule is COC1C[C@@H]2CN(C(=O)c3cc(C)no3)C[C@@H]2C1. The molecule has 2 heterocycles. The van der Waals surface area contributed by atoms with Crippen LogP contribution in [0.4, 0.5) is 0 Å². The number of carbonyl (C=O) groups is 1. The van der Waals surface area contributed by atoms with Crippen LogP contribution in [0.1, 0.15) is 29.1 Å². The van der Waals surface area contributed by atoms with Crippen molar-refractivity contribution < 1.29 is 14.1 Å². The largest absolute Gasteiger partial charge is 0.381 e. The second kappa shape index (κ2) is 4.39. The molecule has 5 nitrogen and oxygen atoms in total. The number of aromatic nitrogens is 1. The zero-order chi connectivity index (χ0) is 12.7. The molecule has 1 saturated carbocycles. The van der Waals surface area contributed by atoms with Crippen molar-refractivity contribution in [2.24, 2.45) is 11.8 Å². The average molecular weight is 250 g/mol. The first-order chi connectivity index (χ1) is 8.67. The molecule has 3 rings (SSSR count). The first kappa shape index (κ1) is 11.7. The Hall–Kier alpha value is -1.36. The highest BCUT2D eigenvalue weighted by Gasteiger charge is 2.43. The van der Waals surface area contributed by atoms with Crippen LogP contribution in [0.5, 0.6) is 0 Å². The Kier molecular flexibility index (Phi) is 2.86. The minimum atomic E-state index is -0.0287. The maximum Gasteiger partial charge on any atom is 0.292 e. The Morgan fingerprint density at radius 3 is 2.61 bits per heavy atom. The van der Waals surface area contributed by atoms with Crippen LogP contribution in [0.2, 0.25) is 0 Å². The van der Waals surface area contributed by atoms with Crippen molar-refractivity contribution in [1.82, 2.24) is 10.1 Å².